The lowest BCUT2D eigenvalue weighted by Gasteiger charge is -2.46. The number of methoxy groups -OCH3 is 1. The van der Waals surface area contributed by atoms with Gasteiger partial charge in [0, 0.05) is 13.1 Å². The van der Waals surface area contributed by atoms with Crippen molar-refractivity contribution in [2.45, 2.75) is 36.9 Å². The number of carbonyl (C=O) groups is 2. The average Bonchev–Trinajstić information content (AvgIpc) is 2.50. The highest BCUT2D eigenvalue weighted by molar-refractivity contribution is 7.98. The van der Waals surface area contributed by atoms with Crippen molar-refractivity contribution in [3.8, 4) is 0 Å². The molecule has 2 rings (SSSR count). The van der Waals surface area contributed by atoms with Crippen molar-refractivity contribution in [3.05, 3.63) is 15.8 Å². The molecule has 1 fully saturated rings. The maximum absolute atomic E-state index is 12.5. The first-order valence-corrected chi connectivity index (χ1v) is 9.10. The first-order valence-electron chi connectivity index (χ1n) is 7.88. The van der Waals surface area contributed by atoms with Gasteiger partial charge in [0.1, 0.15) is 11.3 Å². The molecule has 1 aliphatic rings. The van der Waals surface area contributed by atoms with E-state index in [-0.39, 0.29) is 29.8 Å². The van der Waals surface area contributed by atoms with E-state index in [0.717, 1.165) is 18.9 Å². The zero-order valence-corrected chi connectivity index (χ0v) is 16.5. The Labute approximate surface area is 159 Å². The van der Waals surface area contributed by atoms with E-state index >= 15 is 0 Å². The van der Waals surface area contributed by atoms with E-state index in [0.29, 0.717) is 0 Å². The van der Waals surface area contributed by atoms with Crippen LogP contribution < -0.4 is 5.73 Å². The Morgan fingerprint density at radius 2 is 1.93 bits per heavy atom. The van der Waals surface area contributed by atoms with Gasteiger partial charge in [-0.3, -0.25) is 14.9 Å². The molecule has 148 valence electrons. The standard InChI is InChI=1S/C15H21N5O6S/c1-14(2,3)26-13(22)19-6-15(7-19,11(21)25-4)9-8(20(23)24)10(16)18-12(17-9)27-5/h6-7H2,1-5H3,(H2,16,17,18). The molecule has 0 radical (unpaired) electrons. The predicted molar refractivity (Wildman–Crippen MR) is 96.4 cm³/mol. The molecule has 0 aromatic carbocycles. The molecule has 27 heavy (non-hydrogen) atoms. The van der Waals surface area contributed by atoms with Crippen molar-refractivity contribution in [1.82, 2.24) is 14.9 Å². The third kappa shape index (κ3) is 3.89. The van der Waals surface area contributed by atoms with Gasteiger partial charge in [-0.05, 0) is 27.0 Å². The second-order valence-corrected chi connectivity index (χ2v) is 7.73. The quantitative estimate of drug-likeness (QED) is 0.258. The number of amides is 1. The maximum Gasteiger partial charge on any atom is 0.410 e. The maximum atomic E-state index is 12.5. The van der Waals surface area contributed by atoms with Crippen LogP contribution >= 0.6 is 11.8 Å². The number of nitrogen functional groups attached to an aromatic ring is 1. The van der Waals surface area contributed by atoms with Gasteiger partial charge in [0.2, 0.25) is 5.82 Å². The van der Waals surface area contributed by atoms with Crippen LogP contribution in [0.15, 0.2) is 5.16 Å². The fourth-order valence-corrected chi connectivity index (χ4v) is 3.06. The number of nitro groups is 1. The molecule has 0 unspecified atom stereocenters. The van der Waals surface area contributed by atoms with Crippen LogP contribution in [0.1, 0.15) is 26.5 Å². The minimum absolute atomic E-state index is 0.170. The highest BCUT2D eigenvalue weighted by atomic mass is 32.2. The normalized spacial score (nSPS) is 15.7. The summed E-state index contributed by atoms with van der Waals surface area (Å²) >= 11 is 1.12. The molecule has 0 saturated carbocycles. The number of aromatic nitrogens is 2. The number of esters is 1. The number of anilines is 1. The summed E-state index contributed by atoms with van der Waals surface area (Å²) in [5.74, 6) is -1.11. The van der Waals surface area contributed by atoms with Gasteiger partial charge in [-0.2, -0.15) is 4.98 Å². The Hall–Kier alpha value is -2.63. The highest BCUT2D eigenvalue weighted by Gasteiger charge is 2.59. The van der Waals surface area contributed by atoms with Crippen LogP contribution in [0.5, 0.6) is 0 Å². The van der Waals surface area contributed by atoms with E-state index in [1.807, 2.05) is 0 Å². The first-order chi connectivity index (χ1) is 12.4. The lowest BCUT2D eigenvalue weighted by Crippen LogP contribution is -2.66. The van der Waals surface area contributed by atoms with Crippen LogP contribution in [0.4, 0.5) is 16.3 Å². The second-order valence-electron chi connectivity index (χ2n) is 6.96. The minimum Gasteiger partial charge on any atom is -0.468 e. The van der Waals surface area contributed by atoms with E-state index in [2.05, 4.69) is 9.97 Å². The zero-order chi connectivity index (χ0) is 20.6. The molecule has 1 aliphatic heterocycles. The molecular weight excluding hydrogens is 378 g/mol. The summed E-state index contributed by atoms with van der Waals surface area (Å²) in [6.45, 7) is 4.76. The molecule has 0 spiro atoms. The Morgan fingerprint density at radius 3 is 2.37 bits per heavy atom. The average molecular weight is 399 g/mol. The van der Waals surface area contributed by atoms with Crippen molar-refractivity contribution in [2.24, 2.45) is 0 Å². The molecule has 11 nitrogen and oxygen atoms in total. The molecule has 2 heterocycles. The molecule has 1 aromatic heterocycles. The first kappa shape index (κ1) is 20.7. The number of nitrogens with two attached hydrogens (primary N) is 1. The van der Waals surface area contributed by atoms with Gasteiger partial charge in [0.15, 0.2) is 10.6 Å². The number of likely N-dealkylation sites (tertiary alicyclic amines) is 1. The highest BCUT2D eigenvalue weighted by Crippen LogP contribution is 2.42. The molecular formula is C15H21N5O6S. The fourth-order valence-electron chi connectivity index (χ4n) is 2.69. The zero-order valence-electron chi connectivity index (χ0n) is 15.6. The van der Waals surface area contributed by atoms with E-state index in [9.17, 15) is 19.7 Å². The van der Waals surface area contributed by atoms with Gasteiger partial charge >= 0.3 is 17.7 Å². The van der Waals surface area contributed by atoms with Gasteiger partial charge < -0.3 is 20.1 Å². The van der Waals surface area contributed by atoms with Gasteiger partial charge in [-0.15, -0.1) is 0 Å². The molecule has 0 bridgehead atoms. The minimum atomic E-state index is -1.52. The number of hydrogen-bond donors (Lipinski definition) is 1. The van der Waals surface area contributed by atoms with Crippen molar-refractivity contribution in [2.75, 3.05) is 32.2 Å². The van der Waals surface area contributed by atoms with Gasteiger partial charge in [-0.25, -0.2) is 9.78 Å². The van der Waals surface area contributed by atoms with Gasteiger partial charge in [0.05, 0.1) is 12.0 Å². The smallest absolute Gasteiger partial charge is 0.410 e. The molecule has 1 amide bonds. The number of hydrogen-bond acceptors (Lipinski definition) is 10. The summed E-state index contributed by atoms with van der Waals surface area (Å²) < 4.78 is 10.1. The lowest BCUT2D eigenvalue weighted by atomic mass is 9.76. The number of ether oxygens (including phenoxy) is 2. The number of rotatable bonds is 4. The summed E-state index contributed by atoms with van der Waals surface area (Å²) in [6, 6.07) is 0. The number of carbonyl (C=O) groups excluding carboxylic acids is 2. The summed E-state index contributed by atoms with van der Waals surface area (Å²) in [5.41, 5.74) is 2.75. The molecule has 0 atom stereocenters. The lowest BCUT2D eigenvalue weighted by molar-refractivity contribution is -0.385. The SMILES string of the molecule is COC(=O)C1(c2nc(SC)nc(N)c2[N+](=O)[O-])CN(C(=O)OC(C)(C)C)C1. The largest absolute Gasteiger partial charge is 0.468 e. The summed E-state index contributed by atoms with van der Waals surface area (Å²) in [6.07, 6.45) is 1.03. The molecule has 1 saturated heterocycles. The topological polar surface area (TPSA) is 151 Å². The van der Waals surface area contributed by atoms with E-state index in [4.69, 9.17) is 15.2 Å². The molecule has 1 aromatic rings. The Kier molecular flexibility index (Phi) is 5.50. The van der Waals surface area contributed by atoms with E-state index < -0.39 is 33.7 Å². The summed E-state index contributed by atoms with van der Waals surface area (Å²) in [7, 11) is 1.16. The van der Waals surface area contributed by atoms with Crippen molar-refractivity contribution >= 4 is 35.3 Å². The van der Waals surface area contributed by atoms with Crippen molar-refractivity contribution < 1.29 is 24.0 Å². The Morgan fingerprint density at radius 1 is 1.33 bits per heavy atom. The summed E-state index contributed by atoms with van der Waals surface area (Å²) in [5, 5.41) is 11.7. The van der Waals surface area contributed by atoms with Crippen molar-refractivity contribution in [1.29, 1.82) is 0 Å². The van der Waals surface area contributed by atoms with Crippen LogP contribution in [-0.4, -0.2) is 63.9 Å². The van der Waals surface area contributed by atoms with Crippen LogP contribution in [0, 0.1) is 10.1 Å². The van der Waals surface area contributed by atoms with Gasteiger partial charge in [0.25, 0.3) is 0 Å². The van der Waals surface area contributed by atoms with Crippen LogP contribution in [0.25, 0.3) is 0 Å². The predicted octanol–water partition coefficient (Wildman–Crippen LogP) is 1.35. The summed E-state index contributed by atoms with van der Waals surface area (Å²) in [4.78, 5) is 44.8. The number of thioether (sulfide) groups is 1. The third-order valence-corrected chi connectivity index (χ3v) is 4.41. The Balaban J connectivity index is 2.49. The third-order valence-electron chi connectivity index (χ3n) is 3.86. The van der Waals surface area contributed by atoms with Crippen LogP contribution in [0.2, 0.25) is 0 Å². The van der Waals surface area contributed by atoms with Crippen LogP contribution in [-0.2, 0) is 19.7 Å². The molecule has 0 aliphatic carbocycles. The second kappa shape index (κ2) is 7.18. The molecule has 2 N–H and O–H groups in total. The van der Waals surface area contributed by atoms with Gasteiger partial charge in [-0.1, -0.05) is 11.8 Å². The van der Waals surface area contributed by atoms with Crippen LogP contribution in [0.3, 0.4) is 0 Å². The monoisotopic (exact) mass is 399 g/mol. The van der Waals surface area contributed by atoms with E-state index in [1.54, 1.807) is 27.0 Å². The molecule has 12 heteroatoms. The Bertz CT molecular complexity index is 788. The number of nitrogens with zero attached hydrogens (tertiary/aromatic N) is 4. The fraction of sp³-hybridized carbons (Fsp3) is 0.600. The van der Waals surface area contributed by atoms with Crippen molar-refractivity contribution in [3.63, 3.8) is 0 Å². The van der Waals surface area contributed by atoms with E-state index in [1.165, 1.54) is 4.90 Å².